The Balaban J connectivity index is 1.38. The second-order valence-electron chi connectivity index (χ2n) is 12.0. The monoisotopic (exact) mass is 675 g/mol. The Morgan fingerprint density at radius 3 is 2.27 bits per heavy atom. The van der Waals surface area contributed by atoms with Gasteiger partial charge in [0.1, 0.15) is 5.69 Å². The van der Waals surface area contributed by atoms with Crippen molar-refractivity contribution in [1.82, 2.24) is 23.6 Å². The predicted molar refractivity (Wildman–Crippen MR) is 192 cm³/mol. The summed E-state index contributed by atoms with van der Waals surface area (Å²) in [6.45, 7) is 5.61. The van der Waals surface area contributed by atoms with Gasteiger partial charge in [-0.2, -0.15) is 5.10 Å². The third-order valence-electron chi connectivity index (χ3n) is 8.67. The van der Waals surface area contributed by atoms with Crippen LogP contribution < -0.4 is 10.2 Å². The molecule has 0 atom stereocenters. The highest BCUT2D eigenvalue weighted by atomic mass is 32.2. The molecule has 1 aliphatic heterocycles. The summed E-state index contributed by atoms with van der Waals surface area (Å²) >= 11 is 0. The zero-order valence-electron chi connectivity index (χ0n) is 27.6. The highest BCUT2D eigenvalue weighted by Crippen LogP contribution is 2.40. The van der Waals surface area contributed by atoms with Crippen LogP contribution in [-0.4, -0.2) is 78.5 Å². The fraction of sp³-hybridized carbons (Fsp3) is 0.216. The van der Waals surface area contributed by atoms with Gasteiger partial charge in [0.2, 0.25) is 0 Å². The number of anilines is 2. The summed E-state index contributed by atoms with van der Waals surface area (Å²) < 4.78 is 37.6. The number of nitrogens with one attached hydrogen (secondary N) is 1. The van der Waals surface area contributed by atoms with Crippen LogP contribution in [-0.2, 0) is 21.3 Å². The van der Waals surface area contributed by atoms with Gasteiger partial charge in [-0.1, -0.05) is 42.5 Å². The lowest BCUT2D eigenvalue weighted by atomic mass is 10.00. The number of rotatable bonds is 8. The molecule has 1 aliphatic rings. The molecule has 4 heterocycles. The molecule has 1 N–H and O–H groups in total. The minimum atomic E-state index is -4.04. The van der Waals surface area contributed by atoms with Gasteiger partial charge >= 0.3 is 6.03 Å². The SMILES string of the molecule is CCn1cc(-c2ccnc3c2cc(-c2ccc(N4CCOCC4)cc2)n3S(=O)(=O)c2ccccc2)c(-c2ccc(NC(=O)N(C)C)cc2)n1. The molecule has 12 heteroatoms. The number of pyridine rings is 1. The standard InChI is InChI=1S/C37H37N7O4S/c1-4-43-25-33(35(40-43)27-10-14-28(15-11-27)39-37(45)41(2)3)31-18-19-38-36-32(31)24-34(44(36)49(46,47)30-8-6-5-7-9-30)26-12-16-29(17-13-26)42-20-22-48-23-21-42/h5-19,24-25H,4,20-23H2,1-3H3,(H,39,45). The van der Waals surface area contributed by atoms with E-state index in [1.54, 1.807) is 50.6 Å². The van der Waals surface area contributed by atoms with Crippen molar-refractivity contribution < 1.29 is 17.9 Å². The molecule has 3 aromatic carbocycles. The molecule has 1 saturated heterocycles. The van der Waals surface area contributed by atoms with Crippen LogP contribution >= 0.6 is 0 Å². The van der Waals surface area contributed by atoms with Gasteiger partial charge in [-0.15, -0.1) is 0 Å². The van der Waals surface area contributed by atoms with Crippen LogP contribution in [0.5, 0.6) is 0 Å². The van der Waals surface area contributed by atoms with Crippen molar-refractivity contribution in [2.45, 2.75) is 18.4 Å². The molecule has 0 saturated carbocycles. The average molecular weight is 676 g/mol. The third-order valence-corrected chi connectivity index (χ3v) is 10.4. The largest absolute Gasteiger partial charge is 0.378 e. The number of fused-ring (bicyclic) bond motifs is 1. The molecule has 3 aromatic heterocycles. The van der Waals surface area contributed by atoms with Crippen molar-refractivity contribution >= 4 is 38.5 Å². The van der Waals surface area contributed by atoms with E-state index in [9.17, 15) is 13.2 Å². The van der Waals surface area contributed by atoms with Gasteiger partial charge in [0.25, 0.3) is 10.0 Å². The first-order chi connectivity index (χ1) is 23.7. The fourth-order valence-corrected chi connectivity index (χ4v) is 7.56. The molecule has 0 bridgehead atoms. The van der Waals surface area contributed by atoms with Crippen LogP contribution in [0.2, 0.25) is 0 Å². The van der Waals surface area contributed by atoms with Gasteiger partial charge in [0.05, 0.1) is 23.8 Å². The maximum atomic E-state index is 14.4. The summed E-state index contributed by atoms with van der Waals surface area (Å²) in [7, 11) is -0.670. The minimum absolute atomic E-state index is 0.173. The Labute approximate surface area is 285 Å². The summed E-state index contributed by atoms with van der Waals surface area (Å²) in [5, 5.41) is 8.45. The van der Waals surface area contributed by atoms with E-state index in [1.165, 1.54) is 8.87 Å². The van der Waals surface area contributed by atoms with E-state index >= 15 is 0 Å². The number of carbonyl (C=O) groups excluding carboxylic acids is 1. The van der Waals surface area contributed by atoms with E-state index in [4.69, 9.17) is 9.84 Å². The van der Waals surface area contributed by atoms with E-state index in [2.05, 4.69) is 15.2 Å². The number of hydrogen-bond acceptors (Lipinski definition) is 7. The molecular weight excluding hydrogens is 639 g/mol. The summed E-state index contributed by atoms with van der Waals surface area (Å²) in [5.74, 6) is 0. The maximum absolute atomic E-state index is 14.4. The number of ether oxygens (including phenoxy) is 1. The summed E-state index contributed by atoms with van der Waals surface area (Å²) in [4.78, 5) is 20.8. The van der Waals surface area contributed by atoms with Crippen LogP contribution in [0.3, 0.4) is 0 Å². The van der Waals surface area contributed by atoms with E-state index in [0.717, 1.165) is 46.7 Å². The van der Waals surface area contributed by atoms with Crippen LogP contribution in [0.4, 0.5) is 16.2 Å². The number of benzene rings is 3. The first kappa shape index (κ1) is 32.1. The predicted octanol–water partition coefficient (Wildman–Crippen LogP) is 6.42. The smallest absolute Gasteiger partial charge is 0.321 e. The number of aryl methyl sites for hydroxylation is 1. The van der Waals surface area contributed by atoms with Crippen LogP contribution in [0, 0.1) is 0 Å². The Hall–Kier alpha value is -5.46. The van der Waals surface area contributed by atoms with E-state index in [1.807, 2.05) is 78.5 Å². The number of morpholine rings is 1. The van der Waals surface area contributed by atoms with Crippen LogP contribution in [0.25, 0.3) is 44.7 Å². The average Bonchev–Trinajstić information content (AvgIpc) is 3.76. The van der Waals surface area contributed by atoms with Crippen molar-refractivity contribution in [1.29, 1.82) is 0 Å². The fourth-order valence-electron chi connectivity index (χ4n) is 6.06. The number of nitrogens with zero attached hydrogens (tertiary/aromatic N) is 6. The minimum Gasteiger partial charge on any atom is -0.378 e. The van der Waals surface area contributed by atoms with E-state index in [0.29, 0.717) is 42.2 Å². The molecule has 49 heavy (non-hydrogen) atoms. The van der Waals surface area contributed by atoms with E-state index < -0.39 is 10.0 Å². The molecule has 250 valence electrons. The van der Waals surface area contributed by atoms with Gasteiger partial charge in [-0.25, -0.2) is 22.2 Å². The second kappa shape index (κ2) is 13.2. The zero-order chi connectivity index (χ0) is 34.1. The van der Waals surface area contributed by atoms with Gasteiger partial charge in [-0.05, 0) is 66.6 Å². The molecule has 0 unspecified atom stereocenters. The van der Waals surface area contributed by atoms with Crippen molar-refractivity contribution in [2.24, 2.45) is 0 Å². The number of amides is 2. The highest BCUT2D eigenvalue weighted by molar-refractivity contribution is 7.90. The molecule has 7 rings (SSSR count). The second-order valence-corrected chi connectivity index (χ2v) is 13.8. The molecule has 0 radical (unpaired) electrons. The van der Waals surface area contributed by atoms with Gasteiger partial charge < -0.3 is 19.9 Å². The Kier molecular flexibility index (Phi) is 8.66. The summed E-state index contributed by atoms with van der Waals surface area (Å²) in [6, 6.07) is 27.5. The lowest BCUT2D eigenvalue weighted by molar-refractivity contribution is 0.122. The first-order valence-corrected chi connectivity index (χ1v) is 17.6. The third kappa shape index (κ3) is 6.16. The Morgan fingerprint density at radius 1 is 0.898 bits per heavy atom. The van der Waals surface area contributed by atoms with Gasteiger partial charge in [-0.3, -0.25) is 4.68 Å². The lowest BCUT2D eigenvalue weighted by Gasteiger charge is -2.28. The molecule has 0 aliphatic carbocycles. The normalized spacial score (nSPS) is 13.5. The van der Waals surface area contributed by atoms with E-state index in [-0.39, 0.29) is 10.9 Å². The van der Waals surface area contributed by atoms with Crippen LogP contribution in [0.15, 0.2) is 108 Å². The number of urea groups is 1. The molecule has 0 spiro atoms. The molecule has 11 nitrogen and oxygen atoms in total. The van der Waals surface area contributed by atoms with Crippen LogP contribution in [0.1, 0.15) is 6.92 Å². The Bertz CT molecular complexity index is 2220. The Morgan fingerprint density at radius 2 is 1.59 bits per heavy atom. The number of aromatic nitrogens is 4. The van der Waals surface area contributed by atoms with Crippen molar-refractivity contribution in [3.05, 3.63) is 103 Å². The van der Waals surface area contributed by atoms with Crippen molar-refractivity contribution in [3.63, 3.8) is 0 Å². The molecular formula is C37H37N7O4S. The molecule has 2 amide bonds. The maximum Gasteiger partial charge on any atom is 0.321 e. The number of hydrogen-bond donors (Lipinski definition) is 1. The zero-order valence-corrected chi connectivity index (χ0v) is 28.4. The quantitative estimate of drug-likeness (QED) is 0.198. The number of carbonyl (C=O) groups is 1. The molecule has 6 aromatic rings. The highest BCUT2D eigenvalue weighted by Gasteiger charge is 2.27. The molecule has 1 fully saturated rings. The lowest BCUT2D eigenvalue weighted by Crippen LogP contribution is -2.36. The van der Waals surface area contributed by atoms with Crippen molar-refractivity contribution in [3.8, 4) is 33.6 Å². The first-order valence-electron chi connectivity index (χ1n) is 16.2. The van der Waals surface area contributed by atoms with Gasteiger partial charge in [0.15, 0.2) is 5.65 Å². The summed E-state index contributed by atoms with van der Waals surface area (Å²) in [6.07, 6.45) is 3.62. The van der Waals surface area contributed by atoms with Crippen molar-refractivity contribution in [2.75, 3.05) is 50.6 Å². The summed E-state index contributed by atoms with van der Waals surface area (Å²) in [5.41, 5.74) is 6.53. The van der Waals surface area contributed by atoms with Gasteiger partial charge in [0, 0.05) is 74.0 Å². The topological polar surface area (TPSA) is 115 Å².